The number of nitro groups is 1. The lowest BCUT2D eigenvalue weighted by Crippen LogP contribution is -2.15. The van der Waals surface area contributed by atoms with Crippen LogP contribution in [0.3, 0.4) is 0 Å². The first-order chi connectivity index (χ1) is 16.8. The zero-order chi connectivity index (χ0) is 25.5. The summed E-state index contributed by atoms with van der Waals surface area (Å²) in [5, 5.41) is 22.7. The molecule has 0 atom stereocenters. The van der Waals surface area contributed by atoms with Gasteiger partial charge in [-0.25, -0.2) is 0 Å². The largest absolute Gasteiger partial charge is 0.493 e. The van der Waals surface area contributed by atoms with E-state index in [2.05, 4.69) is 22.1 Å². The van der Waals surface area contributed by atoms with Gasteiger partial charge < -0.3 is 19.5 Å². The van der Waals surface area contributed by atoms with Gasteiger partial charge in [0.25, 0.3) is 5.69 Å². The van der Waals surface area contributed by atoms with Gasteiger partial charge in [-0.1, -0.05) is 29.4 Å². The number of halogens is 1. The fourth-order valence-electron chi connectivity index (χ4n) is 3.17. The van der Waals surface area contributed by atoms with E-state index in [4.69, 9.17) is 25.8 Å². The van der Waals surface area contributed by atoms with Crippen LogP contribution in [0.15, 0.2) is 48.1 Å². The molecular formula is C22H22ClN5O6S. The highest BCUT2D eigenvalue weighted by molar-refractivity contribution is 7.99. The maximum Gasteiger partial charge on any atom is 0.289 e. The fraction of sp³-hybridized carbons (Fsp3) is 0.227. The summed E-state index contributed by atoms with van der Waals surface area (Å²) in [6.45, 7) is 4.17. The second kappa shape index (κ2) is 11.6. The van der Waals surface area contributed by atoms with E-state index < -0.39 is 4.92 Å². The van der Waals surface area contributed by atoms with Gasteiger partial charge >= 0.3 is 0 Å². The maximum atomic E-state index is 12.5. The molecule has 2 aromatic carbocycles. The van der Waals surface area contributed by atoms with Crippen molar-refractivity contribution in [3.05, 3.63) is 58.1 Å². The number of allylic oxidation sites excluding steroid dienone is 1. The van der Waals surface area contributed by atoms with Gasteiger partial charge in [0.15, 0.2) is 22.5 Å². The minimum atomic E-state index is -0.616. The first kappa shape index (κ1) is 25.8. The van der Waals surface area contributed by atoms with Crippen LogP contribution in [0.1, 0.15) is 0 Å². The first-order valence-corrected chi connectivity index (χ1v) is 11.4. The number of thioether (sulfide) groups is 1. The van der Waals surface area contributed by atoms with E-state index in [-0.39, 0.29) is 28.1 Å². The third kappa shape index (κ3) is 5.84. The van der Waals surface area contributed by atoms with Crippen LogP contribution in [-0.4, -0.2) is 52.7 Å². The van der Waals surface area contributed by atoms with Crippen molar-refractivity contribution < 1.29 is 23.9 Å². The Morgan fingerprint density at radius 3 is 2.46 bits per heavy atom. The highest BCUT2D eigenvalue weighted by atomic mass is 35.5. The number of carbonyl (C=O) groups is 1. The molecule has 11 nitrogen and oxygen atoms in total. The number of methoxy groups -OCH3 is 3. The van der Waals surface area contributed by atoms with E-state index in [9.17, 15) is 14.9 Å². The summed E-state index contributed by atoms with van der Waals surface area (Å²) in [6, 6.07) is 7.54. The second-order valence-corrected chi connectivity index (χ2v) is 8.23. The fourth-order valence-corrected chi connectivity index (χ4v) is 4.10. The SMILES string of the molecule is C=CCn1c(SCC(=O)Nc2ccc(Cl)c([N+](=O)[O-])c2)nnc1-c1cc(OC)c(OC)c(OC)c1. The Morgan fingerprint density at radius 2 is 1.89 bits per heavy atom. The molecule has 0 spiro atoms. The summed E-state index contributed by atoms with van der Waals surface area (Å²) in [5.74, 6) is 1.49. The third-order valence-electron chi connectivity index (χ3n) is 4.71. The normalized spacial score (nSPS) is 10.5. The highest BCUT2D eigenvalue weighted by Crippen LogP contribution is 2.41. The van der Waals surface area contributed by atoms with Crippen molar-refractivity contribution in [3.63, 3.8) is 0 Å². The van der Waals surface area contributed by atoms with Crippen molar-refractivity contribution in [1.29, 1.82) is 0 Å². The standard InChI is InChI=1S/C22H22ClN5O6S/c1-5-8-27-21(13-9-17(32-2)20(34-4)18(10-13)33-3)25-26-22(27)35-12-19(29)24-14-6-7-15(23)16(11-14)28(30)31/h5-7,9-11H,1,8,12H2,2-4H3,(H,24,29). The van der Waals surface area contributed by atoms with Gasteiger partial charge in [0.05, 0.1) is 32.0 Å². The van der Waals surface area contributed by atoms with Crippen molar-refractivity contribution in [2.24, 2.45) is 0 Å². The Labute approximate surface area is 210 Å². The third-order valence-corrected chi connectivity index (χ3v) is 6.00. The molecule has 0 unspecified atom stereocenters. The molecule has 1 heterocycles. The van der Waals surface area contributed by atoms with Crippen molar-refractivity contribution in [2.45, 2.75) is 11.7 Å². The van der Waals surface area contributed by atoms with E-state index in [1.807, 2.05) is 0 Å². The number of ether oxygens (including phenoxy) is 3. The molecule has 3 aromatic rings. The van der Waals surface area contributed by atoms with Crippen LogP contribution in [0.2, 0.25) is 5.02 Å². The lowest BCUT2D eigenvalue weighted by Gasteiger charge is -2.14. The van der Waals surface area contributed by atoms with Crippen molar-refractivity contribution in [2.75, 3.05) is 32.4 Å². The molecule has 0 aliphatic rings. The number of nitrogens with one attached hydrogen (secondary N) is 1. The van der Waals surface area contributed by atoms with Crippen LogP contribution in [0.5, 0.6) is 17.2 Å². The summed E-state index contributed by atoms with van der Waals surface area (Å²) < 4.78 is 18.0. The summed E-state index contributed by atoms with van der Waals surface area (Å²) in [7, 11) is 4.55. The smallest absolute Gasteiger partial charge is 0.289 e. The van der Waals surface area contributed by atoms with E-state index in [0.717, 1.165) is 11.8 Å². The van der Waals surface area contributed by atoms with E-state index in [1.54, 1.807) is 22.8 Å². The van der Waals surface area contributed by atoms with Crippen molar-refractivity contribution in [3.8, 4) is 28.6 Å². The van der Waals surface area contributed by atoms with Gasteiger partial charge in [-0.05, 0) is 24.3 Å². The molecule has 0 bridgehead atoms. The summed E-state index contributed by atoms with van der Waals surface area (Å²) >= 11 is 6.97. The number of amides is 1. The Morgan fingerprint density at radius 1 is 1.20 bits per heavy atom. The monoisotopic (exact) mass is 519 g/mol. The van der Waals surface area contributed by atoms with Gasteiger partial charge in [-0.3, -0.25) is 19.5 Å². The van der Waals surface area contributed by atoms with Crippen LogP contribution >= 0.6 is 23.4 Å². The van der Waals surface area contributed by atoms with Gasteiger partial charge in [0.2, 0.25) is 11.7 Å². The summed E-state index contributed by atoms with van der Waals surface area (Å²) in [4.78, 5) is 22.9. The number of nitrogens with zero attached hydrogens (tertiary/aromatic N) is 4. The molecule has 1 aromatic heterocycles. The number of hydrogen-bond donors (Lipinski definition) is 1. The van der Waals surface area contributed by atoms with Gasteiger partial charge in [0.1, 0.15) is 5.02 Å². The molecule has 3 rings (SSSR count). The molecule has 0 fully saturated rings. The minimum absolute atomic E-state index is 0.0129. The molecule has 0 saturated heterocycles. The Kier molecular flexibility index (Phi) is 8.55. The lowest BCUT2D eigenvalue weighted by atomic mass is 10.1. The van der Waals surface area contributed by atoms with Crippen LogP contribution in [0, 0.1) is 10.1 Å². The van der Waals surface area contributed by atoms with Crippen molar-refractivity contribution >= 4 is 40.6 Å². The average Bonchev–Trinajstić information content (AvgIpc) is 3.25. The lowest BCUT2D eigenvalue weighted by molar-refractivity contribution is -0.384. The summed E-state index contributed by atoms with van der Waals surface area (Å²) in [6.07, 6.45) is 1.68. The minimum Gasteiger partial charge on any atom is -0.493 e. The first-order valence-electron chi connectivity index (χ1n) is 10.0. The number of nitro benzene ring substituents is 1. The zero-order valence-corrected chi connectivity index (χ0v) is 20.7. The Balaban J connectivity index is 1.82. The topological polar surface area (TPSA) is 131 Å². The maximum absolute atomic E-state index is 12.5. The number of anilines is 1. The molecular weight excluding hydrogens is 498 g/mol. The number of carbonyl (C=O) groups excluding carboxylic acids is 1. The highest BCUT2D eigenvalue weighted by Gasteiger charge is 2.20. The molecule has 0 radical (unpaired) electrons. The van der Waals surface area contributed by atoms with E-state index in [0.29, 0.717) is 40.3 Å². The second-order valence-electron chi connectivity index (χ2n) is 6.88. The van der Waals surface area contributed by atoms with Gasteiger partial charge in [-0.2, -0.15) is 0 Å². The van der Waals surface area contributed by atoms with Gasteiger partial charge in [0, 0.05) is 23.9 Å². The zero-order valence-electron chi connectivity index (χ0n) is 19.1. The van der Waals surface area contributed by atoms with Crippen LogP contribution in [0.25, 0.3) is 11.4 Å². The molecule has 1 amide bonds. The number of benzene rings is 2. The van der Waals surface area contributed by atoms with Crippen molar-refractivity contribution in [1.82, 2.24) is 14.8 Å². The molecule has 0 saturated carbocycles. The number of rotatable bonds is 11. The average molecular weight is 520 g/mol. The van der Waals surface area contributed by atoms with Crippen LogP contribution < -0.4 is 19.5 Å². The molecule has 13 heteroatoms. The Hall–Kier alpha value is -3.77. The Bertz CT molecular complexity index is 1240. The molecule has 35 heavy (non-hydrogen) atoms. The van der Waals surface area contributed by atoms with Crippen LogP contribution in [-0.2, 0) is 11.3 Å². The quantitative estimate of drug-likeness (QED) is 0.169. The van der Waals surface area contributed by atoms with E-state index in [1.165, 1.54) is 39.5 Å². The predicted octanol–water partition coefficient (Wildman–Crippen LogP) is 4.45. The molecule has 0 aliphatic heterocycles. The van der Waals surface area contributed by atoms with Gasteiger partial charge in [-0.15, -0.1) is 16.8 Å². The molecule has 184 valence electrons. The predicted molar refractivity (Wildman–Crippen MR) is 133 cm³/mol. The number of aromatic nitrogens is 3. The summed E-state index contributed by atoms with van der Waals surface area (Å²) in [5.41, 5.74) is 0.633. The van der Waals surface area contributed by atoms with Crippen LogP contribution in [0.4, 0.5) is 11.4 Å². The molecule has 1 N–H and O–H groups in total. The molecule has 0 aliphatic carbocycles. The van der Waals surface area contributed by atoms with E-state index >= 15 is 0 Å². The number of hydrogen-bond acceptors (Lipinski definition) is 9.